The molecule has 1 aliphatic rings. The SMILES string of the molecule is CN(C)C[C@]1(O)CCN(c2ccc3ccccc3n2)C1. The number of fused-ring (bicyclic) bond motifs is 1. The predicted molar refractivity (Wildman–Crippen MR) is 82.1 cm³/mol. The number of para-hydroxylation sites is 1. The second-order valence-electron chi connectivity index (χ2n) is 6.00. The summed E-state index contributed by atoms with van der Waals surface area (Å²) in [6, 6.07) is 12.3. The lowest BCUT2D eigenvalue weighted by atomic mass is 10.0. The number of rotatable bonds is 3. The molecule has 0 unspecified atom stereocenters. The fourth-order valence-electron chi connectivity index (χ4n) is 3.00. The van der Waals surface area contributed by atoms with Crippen molar-refractivity contribution in [3.8, 4) is 0 Å². The van der Waals surface area contributed by atoms with E-state index in [1.54, 1.807) is 0 Å². The third-order valence-corrected chi connectivity index (χ3v) is 3.85. The van der Waals surface area contributed by atoms with Gasteiger partial charge in [0.05, 0.1) is 11.1 Å². The number of hydrogen-bond donors (Lipinski definition) is 1. The topological polar surface area (TPSA) is 39.6 Å². The van der Waals surface area contributed by atoms with Crippen LogP contribution in [0.3, 0.4) is 0 Å². The van der Waals surface area contributed by atoms with E-state index < -0.39 is 5.60 Å². The molecule has 1 aromatic heterocycles. The second kappa shape index (κ2) is 5.04. The van der Waals surface area contributed by atoms with Gasteiger partial charge in [0.1, 0.15) is 5.82 Å². The molecule has 1 aromatic carbocycles. The average molecular weight is 271 g/mol. The van der Waals surface area contributed by atoms with Crippen molar-refractivity contribution in [2.24, 2.45) is 0 Å². The van der Waals surface area contributed by atoms with E-state index in [2.05, 4.69) is 17.0 Å². The average Bonchev–Trinajstić information content (AvgIpc) is 2.79. The first kappa shape index (κ1) is 13.3. The molecule has 1 N–H and O–H groups in total. The monoisotopic (exact) mass is 271 g/mol. The number of β-amino-alcohol motifs (C(OH)–C–C–N with tert-alkyl or cyclic N) is 1. The van der Waals surface area contributed by atoms with Crippen molar-refractivity contribution in [3.63, 3.8) is 0 Å². The molecule has 1 saturated heterocycles. The van der Waals surface area contributed by atoms with Crippen LogP contribution >= 0.6 is 0 Å². The molecule has 0 saturated carbocycles. The molecular formula is C16H21N3O. The lowest BCUT2D eigenvalue weighted by Crippen LogP contribution is -2.42. The summed E-state index contributed by atoms with van der Waals surface area (Å²) in [4.78, 5) is 8.92. The third-order valence-electron chi connectivity index (χ3n) is 3.85. The predicted octanol–water partition coefficient (Wildman–Crippen LogP) is 1.74. The van der Waals surface area contributed by atoms with Crippen LogP contribution in [-0.2, 0) is 0 Å². The summed E-state index contributed by atoms with van der Waals surface area (Å²) in [7, 11) is 3.99. The maximum Gasteiger partial charge on any atom is 0.129 e. The zero-order chi connectivity index (χ0) is 14.2. The molecule has 1 atom stereocenters. The first-order chi connectivity index (χ1) is 9.56. The van der Waals surface area contributed by atoms with Crippen LogP contribution in [-0.4, -0.2) is 54.3 Å². The van der Waals surface area contributed by atoms with Crippen molar-refractivity contribution in [3.05, 3.63) is 36.4 Å². The van der Waals surface area contributed by atoms with E-state index >= 15 is 0 Å². The second-order valence-corrected chi connectivity index (χ2v) is 6.00. The Morgan fingerprint density at radius 1 is 1.25 bits per heavy atom. The Balaban J connectivity index is 1.82. The van der Waals surface area contributed by atoms with E-state index in [1.807, 2.05) is 43.3 Å². The van der Waals surface area contributed by atoms with Gasteiger partial charge in [-0.2, -0.15) is 0 Å². The Bertz CT molecular complexity index is 613. The number of pyridine rings is 1. The van der Waals surface area contributed by atoms with Gasteiger partial charge in [-0.15, -0.1) is 0 Å². The zero-order valence-electron chi connectivity index (χ0n) is 12.1. The molecule has 0 spiro atoms. The van der Waals surface area contributed by atoms with Crippen LogP contribution in [0, 0.1) is 0 Å². The fourth-order valence-corrected chi connectivity index (χ4v) is 3.00. The largest absolute Gasteiger partial charge is 0.387 e. The highest BCUT2D eigenvalue weighted by Gasteiger charge is 2.36. The normalized spacial score (nSPS) is 22.9. The maximum absolute atomic E-state index is 10.6. The molecule has 4 nitrogen and oxygen atoms in total. The summed E-state index contributed by atoms with van der Waals surface area (Å²) in [5, 5.41) is 11.7. The van der Waals surface area contributed by atoms with Gasteiger partial charge in [0, 0.05) is 25.0 Å². The van der Waals surface area contributed by atoms with Crippen LogP contribution in [0.25, 0.3) is 10.9 Å². The number of likely N-dealkylation sites (N-methyl/N-ethyl adjacent to an activating group) is 1. The first-order valence-electron chi connectivity index (χ1n) is 7.04. The van der Waals surface area contributed by atoms with Crippen LogP contribution < -0.4 is 4.90 Å². The van der Waals surface area contributed by atoms with Gasteiger partial charge in [-0.3, -0.25) is 0 Å². The molecule has 2 aromatic rings. The van der Waals surface area contributed by atoms with Crippen molar-refractivity contribution < 1.29 is 5.11 Å². The number of aliphatic hydroxyl groups is 1. The minimum Gasteiger partial charge on any atom is -0.387 e. The highest BCUT2D eigenvalue weighted by atomic mass is 16.3. The Morgan fingerprint density at radius 3 is 2.85 bits per heavy atom. The highest BCUT2D eigenvalue weighted by molar-refractivity contribution is 5.80. The van der Waals surface area contributed by atoms with Crippen LogP contribution in [0.5, 0.6) is 0 Å². The van der Waals surface area contributed by atoms with Crippen molar-refractivity contribution in [2.75, 3.05) is 38.6 Å². The molecule has 1 aliphatic heterocycles. The minimum absolute atomic E-state index is 0.628. The van der Waals surface area contributed by atoms with Gasteiger partial charge in [0.15, 0.2) is 0 Å². The molecule has 0 bridgehead atoms. The molecular weight excluding hydrogens is 250 g/mol. The zero-order valence-corrected chi connectivity index (χ0v) is 12.1. The van der Waals surface area contributed by atoms with Crippen LogP contribution in [0.1, 0.15) is 6.42 Å². The molecule has 4 heteroatoms. The van der Waals surface area contributed by atoms with Crippen LogP contribution in [0.15, 0.2) is 36.4 Å². The van der Waals surface area contributed by atoms with Gasteiger partial charge < -0.3 is 14.9 Å². The maximum atomic E-state index is 10.6. The minimum atomic E-state index is -0.628. The quantitative estimate of drug-likeness (QED) is 0.923. The Labute approximate surface area is 119 Å². The van der Waals surface area contributed by atoms with Crippen molar-refractivity contribution >= 4 is 16.7 Å². The van der Waals surface area contributed by atoms with E-state index in [0.29, 0.717) is 13.1 Å². The molecule has 0 radical (unpaired) electrons. The Hall–Kier alpha value is -1.65. The molecule has 106 valence electrons. The van der Waals surface area contributed by atoms with Gasteiger partial charge in [0.2, 0.25) is 0 Å². The number of benzene rings is 1. The highest BCUT2D eigenvalue weighted by Crippen LogP contribution is 2.27. The summed E-state index contributed by atoms with van der Waals surface area (Å²) in [6.07, 6.45) is 0.791. The number of hydrogen-bond acceptors (Lipinski definition) is 4. The van der Waals surface area contributed by atoms with Crippen molar-refractivity contribution in [1.82, 2.24) is 9.88 Å². The third kappa shape index (κ3) is 2.62. The summed E-state index contributed by atoms with van der Waals surface area (Å²) >= 11 is 0. The Kier molecular flexibility index (Phi) is 3.36. The smallest absolute Gasteiger partial charge is 0.129 e. The van der Waals surface area contributed by atoms with E-state index in [0.717, 1.165) is 29.7 Å². The van der Waals surface area contributed by atoms with Crippen LogP contribution in [0.2, 0.25) is 0 Å². The fraction of sp³-hybridized carbons (Fsp3) is 0.438. The van der Waals surface area contributed by atoms with E-state index in [9.17, 15) is 5.11 Å². The van der Waals surface area contributed by atoms with E-state index in [4.69, 9.17) is 4.98 Å². The first-order valence-corrected chi connectivity index (χ1v) is 7.04. The molecule has 1 fully saturated rings. The lowest BCUT2D eigenvalue weighted by molar-refractivity contribution is 0.0365. The van der Waals surface area contributed by atoms with Gasteiger partial charge in [-0.25, -0.2) is 4.98 Å². The van der Waals surface area contributed by atoms with Gasteiger partial charge in [-0.1, -0.05) is 18.2 Å². The number of aromatic nitrogens is 1. The summed E-state index contributed by atoms with van der Waals surface area (Å²) in [5.74, 6) is 0.957. The number of nitrogens with zero attached hydrogens (tertiary/aromatic N) is 3. The Morgan fingerprint density at radius 2 is 2.05 bits per heavy atom. The van der Waals surface area contributed by atoms with E-state index in [1.165, 1.54) is 0 Å². The van der Waals surface area contributed by atoms with Gasteiger partial charge >= 0.3 is 0 Å². The molecule has 0 amide bonds. The van der Waals surface area contributed by atoms with Gasteiger partial charge in [0.25, 0.3) is 0 Å². The summed E-state index contributed by atoms with van der Waals surface area (Å²) in [6.45, 7) is 2.20. The molecule has 3 rings (SSSR count). The molecule has 0 aliphatic carbocycles. The molecule has 2 heterocycles. The standard InChI is InChI=1S/C16H21N3O/c1-18(2)11-16(20)9-10-19(12-16)15-8-7-13-5-3-4-6-14(13)17-15/h3-8,20H,9-12H2,1-2H3/t16-/m1/s1. The lowest BCUT2D eigenvalue weighted by Gasteiger charge is -2.27. The van der Waals surface area contributed by atoms with Gasteiger partial charge in [-0.05, 0) is 38.7 Å². The van der Waals surface area contributed by atoms with Crippen molar-refractivity contribution in [2.45, 2.75) is 12.0 Å². The molecule has 20 heavy (non-hydrogen) atoms. The number of anilines is 1. The van der Waals surface area contributed by atoms with Crippen LogP contribution in [0.4, 0.5) is 5.82 Å². The summed E-state index contributed by atoms with van der Waals surface area (Å²) < 4.78 is 0. The van der Waals surface area contributed by atoms with E-state index in [-0.39, 0.29) is 0 Å². The van der Waals surface area contributed by atoms with Crippen molar-refractivity contribution in [1.29, 1.82) is 0 Å². The summed E-state index contributed by atoms with van der Waals surface area (Å²) in [5.41, 5.74) is 0.379.